The number of rotatable bonds is 23. The Hall–Kier alpha value is -10.4. The zero-order valence-corrected chi connectivity index (χ0v) is 78.2. The van der Waals surface area contributed by atoms with Gasteiger partial charge >= 0.3 is 0 Å². The third-order valence-corrected chi connectivity index (χ3v) is 26.0. The summed E-state index contributed by atoms with van der Waals surface area (Å²) in [6.45, 7) is 22.1. The lowest BCUT2D eigenvalue weighted by Gasteiger charge is -2.38. The van der Waals surface area contributed by atoms with E-state index in [0.717, 1.165) is 135 Å². The van der Waals surface area contributed by atoms with E-state index in [4.69, 9.17) is 81.7 Å². The molecule has 3 unspecified atom stereocenters. The molecule has 0 bridgehead atoms. The monoisotopic (exact) mass is 1820 g/mol. The van der Waals surface area contributed by atoms with Crippen LogP contribution in [0.1, 0.15) is 258 Å². The Morgan fingerprint density at radius 3 is 0.992 bits per heavy atom. The quantitative estimate of drug-likeness (QED) is 0.0607. The molecular formula is C102H119Cl5N10O10. The van der Waals surface area contributed by atoms with Gasteiger partial charge in [-0.15, -0.1) is 0 Å². The molecule has 672 valence electrons. The third kappa shape index (κ3) is 28.8. The summed E-state index contributed by atoms with van der Waals surface area (Å²) in [6.07, 6.45) is 21.1. The summed E-state index contributed by atoms with van der Waals surface area (Å²) in [4.78, 5) is 91.5. The van der Waals surface area contributed by atoms with Crippen LogP contribution in [-0.2, 0) is 33.0 Å². The number of piperidine rings is 3. The first-order chi connectivity index (χ1) is 61.4. The molecule has 20 nitrogen and oxygen atoms in total. The zero-order chi connectivity index (χ0) is 90.3. The van der Waals surface area contributed by atoms with Crippen LogP contribution in [0.3, 0.4) is 0 Å². The van der Waals surface area contributed by atoms with Gasteiger partial charge in [-0.3, -0.25) is 24.0 Å². The van der Waals surface area contributed by atoms with Gasteiger partial charge in [0.1, 0.15) is 90.3 Å². The van der Waals surface area contributed by atoms with Crippen molar-refractivity contribution in [2.75, 3.05) is 19.6 Å². The molecule has 5 amide bonds. The van der Waals surface area contributed by atoms with Crippen LogP contribution in [0.5, 0.6) is 28.7 Å². The van der Waals surface area contributed by atoms with Crippen LogP contribution in [-0.4, -0.2) is 119 Å². The molecule has 3 saturated heterocycles. The number of benzene rings is 5. The number of pyridine rings is 5. The Kier molecular flexibility index (Phi) is 37.7. The van der Waals surface area contributed by atoms with Gasteiger partial charge in [-0.25, -0.2) is 24.9 Å². The highest BCUT2D eigenvalue weighted by atomic mass is 35.5. The highest BCUT2D eigenvalue weighted by Gasteiger charge is 2.32. The molecule has 0 radical (unpaired) electrons. The minimum absolute atomic E-state index is 0.000128. The van der Waals surface area contributed by atoms with E-state index in [-0.39, 0.29) is 86.7 Å². The number of hydrogen-bond acceptors (Lipinski definition) is 15. The molecule has 5 fully saturated rings. The maximum absolute atomic E-state index is 12.9. The number of nitrogens with one attached hydrogen (secondary N) is 2. The molecule has 5 aromatic heterocycles. The molecule has 3 atom stereocenters. The molecule has 5 aromatic carbocycles. The predicted octanol–water partition coefficient (Wildman–Crippen LogP) is 23.9. The maximum atomic E-state index is 12.9. The van der Waals surface area contributed by atoms with E-state index in [9.17, 15) is 24.0 Å². The van der Waals surface area contributed by atoms with Crippen LogP contribution in [0.25, 0.3) is 0 Å². The van der Waals surface area contributed by atoms with E-state index in [0.29, 0.717) is 105 Å². The number of halogens is 5. The first-order valence-corrected chi connectivity index (χ1v) is 46.5. The molecule has 15 rings (SSSR count). The lowest BCUT2D eigenvalue weighted by Crippen LogP contribution is -2.47. The van der Waals surface area contributed by atoms with Gasteiger partial charge in [-0.2, -0.15) is 0 Å². The molecule has 0 spiro atoms. The van der Waals surface area contributed by atoms with Crippen LogP contribution in [0.4, 0.5) is 0 Å². The maximum Gasteiger partial charge on any atom is 0.272 e. The van der Waals surface area contributed by atoms with Gasteiger partial charge in [0.05, 0.1) is 53.6 Å². The molecule has 8 heterocycles. The van der Waals surface area contributed by atoms with Crippen molar-refractivity contribution in [2.45, 2.75) is 248 Å². The summed E-state index contributed by atoms with van der Waals surface area (Å²) in [5, 5.41) is 9.24. The number of carbonyl (C=O) groups is 5. The summed E-state index contributed by atoms with van der Waals surface area (Å²) in [6, 6.07) is 57.0. The molecule has 25 heteroatoms. The fourth-order valence-corrected chi connectivity index (χ4v) is 17.0. The Morgan fingerprint density at radius 2 is 0.630 bits per heavy atom. The Bertz CT molecular complexity index is 5300. The fourth-order valence-electron chi connectivity index (χ4n) is 16.1. The number of aromatic nitrogens is 5. The van der Waals surface area contributed by atoms with Crippen molar-refractivity contribution < 1.29 is 47.7 Å². The normalized spacial score (nSPS) is 17.4. The number of carbonyl (C=O) groups excluding carboxylic acids is 5. The topological polar surface area (TPSA) is 230 Å². The van der Waals surface area contributed by atoms with Gasteiger partial charge in [-0.1, -0.05) is 182 Å². The minimum atomic E-state index is -0.111. The van der Waals surface area contributed by atoms with E-state index in [1.807, 2.05) is 201 Å². The minimum Gasteiger partial charge on any atom is -0.486 e. The van der Waals surface area contributed by atoms with Crippen LogP contribution >= 0.6 is 58.0 Å². The lowest BCUT2D eigenvalue weighted by atomic mass is 9.87. The van der Waals surface area contributed by atoms with Crippen molar-refractivity contribution in [2.24, 2.45) is 5.92 Å². The van der Waals surface area contributed by atoms with E-state index >= 15 is 0 Å². The second kappa shape index (κ2) is 49.3. The predicted molar refractivity (Wildman–Crippen MR) is 505 cm³/mol. The van der Waals surface area contributed by atoms with E-state index < -0.39 is 0 Å². The van der Waals surface area contributed by atoms with Crippen LogP contribution < -0.4 is 34.3 Å². The molecule has 127 heavy (non-hydrogen) atoms. The number of hydrogen-bond donors (Lipinski definition) is 2. The van der Waals surface area contributed by atoms with Gasteiger partial charge in [0, 0.05) is 49.8 Å². The molecule has 2 N–H and O–H groups in total. The molecule has 3 aliphatic heterocycles. The highest BCUT2D eigenvalue weighted by Crippen LogP contribution is 2.35. The molecule has 2 saturated carbocycles. The van der Waals surface area contributed by atoms with Gasteiger partial charge in [-0.05, 0) is 276 Å². The standard InChI is InChI=1S/3C21H25ClN2O2.C20H23ClN2O2.C19H21ClN2O2/c1-14-7-4-12-19(20(14)22)26-13-17-10-6-11-18(23-17)21(25)24-15(2)8-5-9-16(24)3;1-14-9-11-16(12-10-14)24-21(25)18-7-4-6-17(23-18)13-26-19-8-3-5-15(2)20(19)22;1-3-17-10-4-5-13-24(17)21(25)18-11-7-9-16(23-18)14-26-19-12-6-8-15(2)20(19)22;1-14-7-5-12-18(19(14)21)25-13-16-10-6-11-17(22-16)20(24)23-15-8-3-2-4-9-15;1-14-7-5-10-17(18(14)20)24-13-15-8-6-9-16(21-15)19(23)22-11-3-2-4-12-22/h4,6-7,10-12,15-16H,5,8-9,13H2,1-3H3;3-8,14,16H,9-13H2,1-2H3,(H,24,25);6-9,11-12,17H,3-5,10,13-14H2,1-2H3;5-7,10-12,15H,2-4,8-9,13H2,1H3,(H,23,24);5-10H,2-4,11-13H2,1H3. The van der Waals surface area contributed by atoms with E-state index in [1.165, 1.54) is 51.4 Å². The van der Waals surface area contributed by atoms with Crippen molar-refractivity contribution in [1.82, 2.24) is 50.3 Å². The Labute approximate surface area is 773 Å². The molecule has 5 aliphatic rings. The van der Waals surface area contributed by atoms with Crippen molar-refractivity contribution in [3.8, 4) is 28.7 Å². The van der Waals surface area contributed by atoms with Crippen LogP contribution in [0.15, 0.2) is 182 Å². The van der Waals surface area contributed by atoms with Crippen LogP contribution in [0.2, 0.25) is 25.1 Å². The van der Waals surface area contributed by atoms with Crippen molar-refractivity contribution >= 4 is 87.5 Å². The van der Waals surface area contributed by atoms with Gasteiger partial charge in [0.15, 0.2) is 0 Å². The number of ether oxygens (including phenoxy) is 5. The number of nitrogens with zero attached hydrogens (tertiary/aromatic N) is 8. The summed E-state index contributed by atoms with van der Waals surface area (Å²) >= 11 is 31.3. The smallest absolute Gasteiger partial charge is 0.272 e. The summed E-state index contributed by atoms with van der Waals surface area (Å²) < 4.78 is 28.9. The van der Waals surface area contributed by atoms with Gasteiger partial charge < -0.3 is 49.0 Å². The fraction of sp³-hybridized carbons (Fsp3) is 0.412. The summed E-state index contributed by atoms with van der Waals surface area (Å²) in [5.74, 6) is 3.71. The lowest BCUT2D eigenvalue weighted by molar-refractivity contribution is 0.0503. The first kappa shape index (κ1) is 97.3. The molecule has 2 aliphatic carbocycles. The Balaban J connectivity index is 0.000000154. The number of amides is 5. The largest absolute Gasteiger partial charge is 0.486 e. The Morgan fingerprint density at radius 1 is 0.331 bits per heavy atom. The van der Waals surface area contributed by atoms with Crippen molar-refractivity contribution in [3.63, 3.8) is 0 Å². The highest BCUT2D eigenvalue weighted by molar-refractivity contribution is 6.34. The number of likely N-dealkylation sites (tertiary alicyclic amines) is 3. The first-order valence-electron chi connectivity index (χ1n) is 44.6. The third-order valence-electron chi connectivity index (χ3n) is 23.5. The second-order valence-electron chi connectivity index (χ2n) is 33.4. The summed E-state index contributed by atoms with van der Waals surface area (Å²) in [7, 11) is 0. The van der Waals surface area contributed by atoms with E-state index in [1.54, 1.807) is 30.3 Å². The average Bonchev–Trinajstić information content (AvgIpc) is 0.841. The van der Waals surface area contributed by atoms with Crippen LogP contribution in [0, 0.1) is 40.5 Å². The SMILES string of the molecule is CCC1CCCCN1C(=O)c1cccc(COc2cccc(C)c2Cl)n1.Cc1cccc(OCc2cccc(C(=O)N3C(C)CCCC3C)n2)c1Cl.Cc1cccc(OCc2cccc(C(=O)N3CCCCC3)n2)c1Cl.Cc1cccc(OCc2cccc(C(=O)NC3CCC(C)CC3)n2)c1Cl.Cc1cccc(OCc2cccc(C(=O)NC3CCCCC3)n2)c1Cl. The molecular weight excluding hydrogens is 1700 g/mol. The van der Waals surface area contributed by atoms with Gasteiger partial charge in [0.2, 0.25) is 0 Å². The van der Waals surface area contributed by atoms with Gasteiger partial charge in [0.25, 0.3) is 29.5 Å². The van der Waals surface area contributed by atoms with E-state index in [2.05, 4.69) is 63.2 Å². The second-order valence-corrected chi connectivity index (χ2v) is 35.3. The number of aryl methyl sites for hydroxylation is 5. The summed E-state index contributed by atoms with van der Waals surface area (Å²) in [5.41, 5.74) is 10.7. The zero-order valence-electron chi connectivity index (χ0n) is 74.4. The van der Waals surface area contributed by atoms with Crippen molar-refractivity contribution in [3.05, 3.63) is 292 Å². The average molecular weight is 1820 g/mol. The molecule has 10 aromatic rings. The van der Waals surface area contributed by atoms with Crippen molar-refractivity contribution in [1.29, 1.82) is 0 Å².